The van der Waals surface area contributed by atoms with Gasteiger partial charge in [0.25, 0.3) is 0 Å². The highest BCUT2D eigenvalue weighted by Gasteiger charge is 2.14. The van der Waals surface area contributed by atoms with Gasteiger partial charge < -0.3 is 14.9 Å². The number of rotatable bonds is 9. The van der Waals surface area contributed by atoms with E-state index in [-0.39, 0.29) is 17.1 Å². The molecule has 0 heterocycles. The van der Waals surface area contributed by atoms with Crippen molar-refractivity contribution < 1.29 is 28.2 Å². The maximum absolute atomic E-state index is 12.3. The topological polar surface area (TPSA) is 101 Å². The third kappa shape index (κ3) is 5.49. The van der Waals surface area contributed by atoms with Crippen LogP contribution in [0.3, 0.4) is 0 Å². The number of hydrogen-bond acceptors (Lipinski definition) is 5. The van der Waals surface area contributed by atoms with Crippen molar-refractivity contribution in [3.8, 4) is 11.5 Å². The second-order valence-corrected chi connectivity index (χ2v) is 8.14. The van der Waals surface area contributed by atoms with Crippen molar-refractivity contribution in [2.24, 2.45) is 0 Å². The summed E-state index contributed by atoms with van der Waals surface area (Å²) in [5, 5.41) is 18.4. The van der Waals surface area contributed by atoms with Gasteiger partial charge in [0, 0.05) is 6.07 Å². The Morgan fingerprint density at radius 1 is 1.08 bits per heavy atom. The van der Waals surface area contributed by atoms with Crippen LogP contribution in [0, 0.1) is 6.92 Å². The maximum atomic E-state index is 12.3. The summed E-state index contributed by atoms with van der Waals surface area (Å²) in [6.45, 7) is 2.22. The Bertz CT molecular complexity index is 873. The molecule has 0 unspecified atom stereocenters. The molecule has 2 aromatic rings. The normalized spacial score (nSPS) is 11.3. The number of ether oxygens (including phenoxy) is 1. The number of carboxylic acids is 1. The lowest BCUT2D eigenvalue weighted by Gasteiger charge is -2.08. The molecule has 0 bridgehead atoms. The first-order valence-corrected chi connectivity index (χ1v) is 9.93. The van der Waals surface area contributed by atoms with Gasteiger partial charge in [-0.3, -0.25) is 0 Å². The minimum absolute atomic E-state index is 0.0878. The van der Waals surface area contributed by atoms with Gasteiger partial charge in [0.1, 0.15) is 17.1 Å². The number of carboxylic acid groups (broad SMARTS) is 1. The average molecular weight is 378 g/mol. The fraction of sp³-hybridized carbons (Fsp3) is 0.316. The van der Waals surface area contributed by atoms with Crippen LogP contribution in [0.25, 0.3) is 0 Å². The van der Waals surface area contributed by atoms with Crippen LogP contribution in [-0.2, 0) is 9.84 Å². The van der Waals surface area contributed by atoms with Crippen LogP contribution in [0.5, 0.6) is 11.5 Å². The van der Waals surface area contributed by atoms with Gasteiger partial charge in [-0.05, 0) is 56.0 Å². The first-order valence-electron chi connectivity index (χ1n) is 8.28. The number of aromatic hydroxyl groups is 1. The number of unbranched alkanes of at least 4 members (excludes halogenated alkanes) is 2. The van der Waals surface area contributed by atoms with Gasteiger partial charge in [-0.25, -0.2) is 13.2 Å². The number of aryl methyl sites for hydroxylation is 1. The van der Waals surface area contributed by atoms with E-state index in [9.17, 15) is 18.3 Å². The van der Waals surface area contributed by atoms with E-state index in [0.29, 0.717) is 36.5 Å². The highest BCUT2D eigenvalue weighted by molar-refractivity contribution is 7.91. The number of aromatic carboxylic acids is 1. The largest absolute Gasteiger partial charge is 0.507 e. The van der Waals surface area contributed by atoms with Gasteiger partial charge in [0.15, 0.2) is 9.84 Å². The van der Waals surface area contributed by atoms with Gasteiger partial charge in [0.2, 0.25) is 0 Å². The van der Waals surface area contributed by atoms with E-state index >= 15 is 0 Å². The molecule has 0 aromatic heterocycles. The quantitative estimate of drug-likeness (QED) is 0.649. The molecule has 140 valence electrons. The van der Waals surface area contributed by atoms with Crippen molar-refractivity contribution in [1.29, 1.82) is 0 Å². The number of hydrogen-bond donors (Lipinski definition) is 2. The molecule has 0 saturated heterocycles. The molecule has 2 N–H and O–H groups in total. The number of benzene rings is 2. The van der Waals surface area contributed by atoms with Crippen molar-refractivity contribution in [3.63, 3.8) is 0 Å². The Morgan fingerprint density at radius 3 is 2.50 bits per heavy atom. The molecule has 0 amide bonds. The molecule has 2 rings (SSSR count). The lowest BCUT2D eigenvalue weighted by atomic mass is 10.2. The van der Waals surface area contributed by atoms with Crippen LogP contribution in [0.1, 0.15) is 35.2 Å². The zero-order valence-corrected chi connectivity index (χ0v) is 15.3. The molecule has 26 heavy (non-hydrogen) atoms. The minimum Gasteiger partial charge on any atom is -0.507 e. The highest BCUT2D eigenvalue weighted by Crippen LogP contribution is 2.23. The fourth-order valence-electron chi connectivity index (χ4n) is 2.47. The average Bonchev–Trinajstić information content (AvgIpc) is 2.57. The van der Waals surface area contributed by atoms with Crippen LogP contribution in [0.4, 0.5) is 0 Å². The molecular weight excluding hydrogens is 356 g/mol. The summed E-state index contributed by atoms with van der Waals surface area (Å²) < 4.78 is 30.0. The molecule has 0 aliphatic heterocycles. The summed E-state index contributed by atoms with van der Waals surface area (Å²) in [7, 11) is -3.27. The molecule has 7 heteroatoms. The monoisotopic (exact) mass is 378 g/mol. The summed E-state index contributed by atoms with van der Waals surface area (Å²) in [4.78, 5) is 11.2. The third-order valence-electron chi connectivity index (χ3n) is 3.87. The molecule has 0 atom stereocenters. The van der Waals surface area contributed by atoms with Gasteiger partial charge in [-0.1, -0.05) is 12.1 Å². The lowest BCUT2D eigenvalue weighted by molar-refractivity contribution is 0.0693. The molecule has 0 aliphatic rings. The van der Waals surface area contributed by atoms with Crippen LogP contribution in [0.15, 0.2) is 47.4 Å². The van der Waals surface area contributed by atoms with E-state index in [2.05, 4.69) is 0 Å². The highest BCUT2D eigenvalue weighted by atomic mass is 32.2. The number of carbonyl (C=O) groups is 1. The van der Waals surface area contributed by atoms with Crippen LogP contribution in [-0.4, -0.2) is 37.0 Å². The van der Waals surface area contributed by atoms with Crippen molar-refractivity contribution in [3.05, 3.63) is 53.6 Å². The number of sulfone groups is 1. The van der Waals surface area contributed by atoms with Gasteiger partial charge in [0.05, 0.1) is 17.3 Å². The van der Waals surface area contributed by atoms with Crippen molar-refractivity contribution in [2.75, 3.05) is 12.4 Å². The molecule has 0 fully saturated rings. The molecule has 0 radical (unpaired) electrons. The first kappa shape index (κ1) is 19.8. The van der Waals surface area contributed by atoms with Crippen LogP contribution >= 0.6 is 0 Å². The first-order chi connectivity index (χ1) is 12.3. The SMILES string of the molecule is Cc1cccc(S(=O)(=O)CCCCCOc2ccc(C(=O)O)c(O)c2)c1. The molecule has 0 aliphatic carbocycles. The zero-order valence-electron chi connectivity index (χ0n) is 14.5. The second-order valence-electron chi connectivity index (χ2n) is 6.03. The molecule has 0 spiro atoms. The fourth-order valence-corrected chi connectivity index (χ4v) is 3.94. The smallest absolute Gasteiger partial charge is 0.339 e. The van der Waals surface area contributed by atoms with Crippen molar-refractivity contribution in [2.45, 2.75) is 31.1 Å². The Labute approximate surface area is 153 Å². The van der Waals surface area contributed by atoms with Gasteiger partial charge >= 0.3 is 5.97 Å². The van der Waals surface area contributed by atoms with E-state index in [0.717, 1.165) is 5.56 Å². The molecule has 0 saturated carbocycles. The minimum atomic E-state index is -3.27. The Kier molecular flexibility index (Phi) is 6.63. The molecule has 2 aromatic carbocycles. The maximum Gasteiger partial charge on any atom is 0.339 e. The Hall–Kier alpha value is -2.54. The summed E-state index contributed by atoms with van der Waals surface area (Å²) in [6, 6.07) is 10.9. The zero-order chi connectivity index (χ0) is 19.2. The summed E-state index contributed by atoms with van der Waals surface area (Å²) in [5.41, 5.74) is 0.732. The van der Waals surface area contributed by atoms with Crippen molar-refractivity contribution in [1.82, 2.24) is 0 Å². The molecular formula is C19H22O6S. The van der Waals surface area contributed by atoms with E-state index in [1.54, 1.807) is 18.2 Å². The van der Waals surface area contributed by atoms with Crippen LogP contribution in [0.2, 0.25) is 0 Å². The van der Waals surface area contributed by atoms with Gasteiger partial charge in [-0.15, -0.1) is 0 Å². The van der Waals surface area contributed by atoms with E-state index in [4.69, 9.17) is 9.84 Å². The van der Waals surface area contributed by atoms with E-state index in [1.807, 2.05) is 13.0 Å². The van der Waals surface area contributed by atoms with Crippen LogP contribution < -0.4 is 4.74 Å². The predicted molar refractivity (Wildman–Crippen MR) is 97.6 cm³/mol. The van der Waals surface area contributed by atoms with E-state index in [1.165, 1.54) is 18.2 Å². The summed E-state index contributed by atoms with van der Waals surface area (Å²) in [5.74, 6) is -1.09. The van der Waals surface area contributed by atoms with E-state index < -0.39 is 15.8 Å². The van der Waals surface area contributed by atoms with Gasteiger partial charge in [-0.2, -0.15) is 0 Å². The Balaban J connectivity index is 1.74. The molecule has 6 nitrogen and oxygen atoms in total. The number of phenols is 1. The Morgan fingerprint density at radius 2 is 1.85 bits per heavy atom. The van der Waals surface area contributed by atoms with Crippen molar-refractivity contribution >= 4 is 15.8 Å². The predicted octanol–water partition coefficient (Wildman–Crippen LogP) is 3.42. The summed E-state index contributed by atoms with van der Waals surface area (Å²) >= 11 is 0. The second kappa shape index (κ2) is 8.71. The lowest BCUT2D eigenvalue weighted by Crippen LogP contribution is -2.07. The third-order valence-corrected chi connectivity index (χ3v) is 5.67. The standard InChI is InChI=1S/C19H22O6S/c1-14-6-5-7-16(12-14)26(23,24)11-4-2-3-10-25-15-8-9-17(19(21)22)18(20)13-15/h5-9,12-13,20H,2-4,10-11H2,1H3,(H,21,22). The summed E-state index contributed by atoms with van der Waals surface area (Å²) in [6.07, 6.45) is 1.87.